The molecule has 7 nitrogen and oxygen atoms in total. The van der Waals surface area contributed by atoms with Crippen molar-refractivity contribution in [2.75, 3.05) is 39.8 Å². The summed E-state index contributed by atoms with van der Waals surface area (Å²) in [6.07, 6.45) is 1.56. The molecule has 0 radical (unpaired) electrons. The van der Waals surface area contributed by atoms with Gasteiger partial charge < -0.3 is 24.9 Å². The van der Waals surface area contributed by atoms with Crippen LogP contribution in [-0.2, 0) is 5.60 Å². The Bertz CT molecular complexity index is 777. The number of furan rings is 1. The minimum Gasteiger partial charge on any atom is -0.497 e. The minimum absolute atomic E-state index is 0. The molecule has 0 bridgehead atoms. The number of guanidine groups is 1. The Balaban J connectivity index is 0.00000480. The molecule has 0 aliphatic carbocycles. The van der Waals surface area contributed by atoms with Gasteiger partial charge in [-0.25, -0.2) is 4.99 Å². The van der Waals surface area contributed by atoms with Gasteiger partial charge in [-0.05, 0) is 56.8 Å². The normalized spacial score (nSPS) is 14.5. The molecule has 0 aliphatic heterocycles. The summed E-state index contributed by atoms with van der Waals surface area (Å²) >= 11 is 0. The molecule has 31 heavy (non-hydrogen) atoms. The topological polar surface area (TPSA) is 82.3 Å². The third-order valence-electron chi connectivity index (χ3n) is 5.14. The standard InChI is InChI=1S/C23H36N4O3.HI/c1-6-24-22(26-17-23(4,28)21-13-10-14-30-21)25-16-20(27(7-2)8-3)18-11-9-12-19(15-18)29-5;/h9-15,20,28H,6-8,16-17H2,1-5H3,(H2,24,25,26);1H. The molecule has 2 aromatic rings. The van der Waals surface area contributed by atoms with E-state index in [1.54, 1.807) is 32.4 Å². The highest BCUT2D eigenvalue weighted by Crippen LogP contribution is 2.24. The molecule has 0 spiro atoms. The van der Waals surface area contributed by atoms with Gasteiger partial charge in [-0.15, -0.1) is 24.0 Å². The highest BCUT2D eigenvalue weighted by Gasteiger charge is 2.26. The number of likely N-dealkylation sites (N-methyl/N-ethyl adjacent to an activating group) is 1. The van der Waals surface area contributed by atoms with Crippen molar-refractivity contribution in [1.82, 2.24) is 15.5 Å². The fourth-order valence-electron chi connectivity index (χ4n) is 3.40. The van der Waals surface area contributed by atoms with Gasteiger partial charge >= 0.3 is 0 Å². The molecule has 174 valence electrons. The number of nitrogens with one attached hydrogen (secondary N) is 2. The van der Waals surface area contributed by atoms with Crippen molar-refractivity contribution in [2.45, 2.75) is 39.3 Å². The molecule has 3 N–H and O–H groups in total. The van der Waals surface area contributed by atoms with Crippen molar-refractivity contribution in [3.63, 3.8) is 0 Å². The zero-order valence-corrected chi connectivity index (χ0v) is 21.6. The van der Waals surface area contributed by atoms with E-state index < -0.39 is 5.60 Å². The quantitative estimate of drug-likeness (QED) is 0.227. The predicted octanol–water partition coefficient (Wildman–Crippen LogP) is 3.75. The average Bonchev–Trinajstić information content (AvgIpc) is 3.31. The molecule has 8 heteroatoms. The Morgan fingerprint density at radius 2 is 1.94 bits per heavy atom. The van der Waals surface area contributed by atoms with Crippen LogP contribution in [0.5, 0.6) is 5.75 Å². The van der Waals surface area contributed by atoms with Crippen LogP contribution in [0.1, 0.15) is 45.1 Å². The van der Waals surface area contributed by atoms with Crippen LogP contribution >= 0.6 is 24.0 Å². The lowest BCUT2D eigenvalue weighted by atomic mass is 10.0. The van der Waals surface area contributed by atoms with Crippen LogP contribution in [0.15, 0.2) is 52.1 Å². The highest BCUT2D eigenvalue weighted by molar-refractivity contribution is 14.0. The van der Waals surface area contributed by atoms with Gasteiger partial charge in [-0.1, -0.05) is 26.0 Å². The first-order chi connectivity index (χ1) is 14.4. The van der Waals surface area contributed by atoms with E-state index in [-0.39, 0.29) is 36.6 Å². The molecule has 1 aromatic heterocycles. The Labute approximate surface area is 203 Å². The Hall–Kier alpha value is -1.78. The number of nitrogens with zero attached hydrogens (tertiary/aromatic N) is 2. The molecule has 0 fully saturated rings. The Morgan fingerprint density at radius 3 is 2.52 bits per heavy atom. The third-order valence-corrected chi connectivity index (χ3v) is 5.14. The van der Waals surface area contributed by atoms with E-state index in [4.69, 9.17) is 9.15 Å². The second-order valence-electron chi connectivity index (χ2n) is 7.34. The summed E-state index contributed by atoms with van der Waals surface area (Å²) in [4.78, 5) is 6.99. The van der Waals surface area contributed by atoms with E-state index >= 15 is 0 Å². The van der Waals surface area contributed by atoms with E-state index in [0.717, 1.165) is 25.4 Å². The van der Waals surface area contributed by atoms with E-state index in [1.807, 2.05) is 19.1 Å². The number of hydrogen-bond donors (Lipinski definition) is 3. The molecule has 0 saturated carbocycles. The summed E-state index contributed by atoms with van der Waals surface area (Å²) in [5, 5.41) is 17.4. The first kappa shape index (κ1) is 27.3. The number of hydrogen-bond acceptors (Lipinski definition) is 5. The van der Waals surface area contributed by atoms with Crippen LogP contribution in [0.2, 0.25) is 0 Å². The molecule has 2 rings (SSSR count). The zero-order valence-electron chi connectivity index (χ0n) is 19.2. The maximum Gasteiger partial charge on any atom is 0.191 e. The van der Waals surface area contributed by atoms with Crippen molar-refractivity contribution in [2.24, 2.45) is 4.99 Å². The summed E-state index contributed by atoms with van der Waals surface area (Å²) in [6, 6.07) is 11.9. The number of rotatable bonds is 11. The van der Waals surface area contributed by atoms with Crippen molar-refractivity contribution in [1.29, 1.82) is 0 Å². The van der Waals surface area contributed by atoms with Gasteiger partial charge in [0, 0.05) is 13.1 Å². The van der Waals surface area contributed by atoms with Crippen LogP contribution in [0.25, 0.3) is 0 Å². The van der Waals surface area contributed by atoms with Gasteiger partial charge in [0.05, 0.1) is 26.0 Å². The fourth-order valence-corrected chi connectivity index (χ4v) is 3.40. The first-order valence-electron chi connectivity index (χ1n) is 10.6. The molecule has 2 atom stereocenters. The van der Waals surface area contributed by atoms with E-state index in [2.05, 4.69) is 46.5 Å². The summed E-state index contributed by atoms with van der Waals surface area (Å²) in [7, 11) is 1.69. The van der Waals surface area contributed by atoms with Gasteiger partial charge in [0.1, 0.15) is 17.1 Å². The summed E-state index contributed by atoms with van der Waals surface area (Å²) in [5.41, 5.74) is 0.0145. The predicted molar refractivity (Wildman–Crippen MR) is 136 cm³/mol. The highest BCUT2D eigenvalue weighted by atomic mass is 127. The Morgan fingerprint density at radius 1 is 1.19 bits per heavy atom. The summed E-state index contributed by atoms with van der Waals surface area (Å²) in [5.74, 6) is 2.00. The monoisotopic (exact) mass is 544 g/mol. The van der Waals surface area contributed by atoms with Crippen LogP contribution in [0, 0.1) is 0 Å². The maximum absolute atomic E-state index is 10.7. The molecule has 1 heterocycles. The van der Waals surface area contributed by atoms with Crippen molar-refractivity contribution >= 4 is 29.9 Å². The van der Waals surface area contributed by atoms with Gasteiger partial charge in [0.25, 0.3) is 0 Å². The fraction of sp³-hybridized carbons (Fsp3) is 0.522. The first-order valence-corrected chi connectivity index (χ1v) is 10.6. The second-order valence-corrected chi connectivity index (χ2v) is 7.34. The van der Waals surface area contributed by atoms with E-state index in [1.165, 1.54) is 5.56 Å². The molecular formula is C23H37IN4O3. The number of benzene rings is 1. The van der Waals surface area contributed by atoms with Crippen LogP contribution in [0.4, 0.5) is 0 Å². The second kappa shape index (κ2) is 13.6. The van der Waals surface area contributed by atoms with Gasteiger partial charge in [-0.2, -0.15) is 0 Å². The number of aliphatic imine (C=N–C) groups is 1. The zero-order chi connectivity index (χ0) is 22.0. The molecule has 1 aromatic carbocycles. The molecule has 0 amide bonds. The van der Waals surface area contributed by atoms with Crippen LogP contribution in [0.3, 0.4) is 0 Å². The van der Waals surface area contributed by atoms with Crippen molar-refractivity contribution in [3.8, 4) is 5.75 Å². The van der Waals surface area contributed by atoms with Crippen molar-refractivity contribution < 1.29 is 14.3 Å². The van der Waals surface area contributed by atoms with Gasteiger partial charge in [0.15, 0.2) is 5.96 Å². The minimum atomic E-state index is -1.17. The van der Waals surface area contributed by atoms with Gasteiger partial charge in [-0.3, -0.25) is 4.90 Å². The summed E-state index contributed by atoms with van der Waals surface area (Å²) in [6.45, 7) is 11.5. The average molecular weight is 544 g/mol. The smallest absolute Gasteiger partial charge is 0.191 e. The summed E-state index contributed by atoms with van der Waals surface area (Å²) < 4.78 is 10.8. The molecule has 2 unspecified atom stereocenters. The lowest BCUT2D eigenvalue weighted by molar-refractivity contribution is 0.0437. The van der Waals surface area contributed by atoms with Crippen LogP contribution < -0.4 is 15.4 Å². The SMILES string of the molecule is CCNC(=NCC(C)(O)c1ccco1)NCC(c1cccc(OC)c1)N(CC)CC.I. The lowest BCUT2D eigenvalue weighted by Gasteiger charge is -2.31. The number of methoxy groups -OCH3 is 1. The maximum atomic E-state index is 10.7. The van der Waals surface area contributed by atoms with Gasteiger partial charge in [0.2, 0.25) is 0 Å². The lowest BCUT2D eigenvalue weighted by Crippen LogP contribution is -2.44. The van der Waals surface area contributed by atoms with E-state index in [9.17, 15) is 5.11 Å². The molecular weight excluding hydrogens is 507 g/mol. The van der Waals surface area contributed by atoms with E-state index in [0.29, 0.717) is 18.3 Å². The number of ether oxygens (including phenoxy) is 1. The molecule has 0 aliphatic rings. The molecule has 0 saturated heterocycles. The Kier molecular flexibility index (Phi) is 12.0. The largest absolute Gasteiger partial charge is 0.497 e. The number of aliphatic hydroxyl groups is 1. The van der Waals surface area contributed by atoms with Crippen LogP contribution in [-0.4, -0.2) is 55.8 Å². The third kappa shape index (κ3) is 8.01. The number of halogens is 1. The van der Waals surface area contributed by atoms with Crippen molar-refractivity contribution in [3.05, 3.63) is 54.0 Å².